The maximum absolute atomic E-state index is 11.4. The summed E-state index contributed by atoms with van der Waals surface area (Å²) in [5.41, 5.74) is 5.68. The number of nitrogens with one attached hydrogen (secondary N) is 1. The van der Waals surface area contributed by atoms with E-state index < -0.39 is 0 Å². The zero-order valence-corrected chi connectivity index (χ0v) is 8.38. The van der Waals surface area contributed by atoms with Crippen molar-refractivity contribution < 1.29 is 4.79 Å². The Morgan fingerprint density at radius 1 is 1.57 bits per heavy atom. The van der Waals surface area contributed by atoms with E-state index in [0.29, 0.717) is 23.6 Å². The Kier molecular flexibility index (Phi) is 4.00. The highest BCUT2D eigenvalue weighted by Gasteiger charge is 2.04. The van der Waals surface area contributed by atoms with Gasteiger partial charge in [-0.15, -0.1) is 0 Å². The van der Waals surface area contributed by atoms with E-state index >= 15 is 0 Å². The highest BCUT2D eigenvalue weighted by atomic mass is 32.1. The Labute approximate surface area is 87.5 Å². The number of thiocarbonyl (C=S) groups is 1. The summed E-state index contributed by atoms with van der Waals surface area (Å²) in [5.74, 6) is -0.207. The first-order valence-electron chi connectivity index (χ1n) is 4.17. The summed E-state index contributed by atoms with van der Waals surface area (Å²) >= 11 is 4.68. The lowest BCUT2D eigenvalue weighted by Crippen LogP contribution is -2.27. The van der Waals surface area contributed by atoms with Gasteiger partial charge >= 0.3 is 0 Å². The Balaban J connectivity index is 2.40. The number of pyridine rings is 1. The molecule has 0 aromatic carbocycles. The van der Waals surface area contributed by atoms with Crippen molar-refractivity contribution in [1.29, 1.82) is 0 Å². The number of hydrogen-bond acceptors (Lipinski definition) is 3. The predicted octanol–water partition coefficient (Wildman–Crippen LogP) is 0.488. The van der Waals surface area contributed by atoms with E-state index in [1.165, 1.54) is 0 Å². The molecule has 1 rings (SSSR count). The van der Waals surface area contributed by atoms with Crippen LogP contribution in [0.4, 0.5) is 0 Å². The van der Waals surface area contributed by atoms with Crippen LogP contribution in [-0.2, 0) is 0 Å². The van der Waals surface area contributed by atoms with E-state index in [9.17, 15) is 4.79 Å². The van der Waals surface area contributed by atoms with E-state index in [1.54, 1.807) is 24.4 Å². The zero-order valence-electron chi connectivity index (χ0n) is 7.56. The maximum Gasteiger partial charge on any atom is 0.269 e. The average Bonchev–Trinajstić information content (AvgIpc) is 2.18. The van der Waals surface area contributed by atoms with Gasteiger partial charge < -0.3 is 11.1 Å². The van der Waals surface area contributed by atoms with Gasteiger partial charge in [0.2, 0.25) is 0 Å². The predicted molar refractivity (Wildman–Crippen MR) is 58.0 cm³/mol. The minimum absolute atomic E-state index is 0.207. The van der Waals surface area contributed by atoms with Crippen LogP contribution in [0.2, 0.25) is 0 Å². The molecule has 0 aliphatic heterocycles. The van der Waals surface area contributed by atoms with Crippen molar-refractivity contribution in [1.82, 2.24) is 10.3 Å². The fourth-order valence-corrected chi connectivity index (χ4v) is 0.989. The summed E-state index contributed by atoms with van der Waals surface area (Å²) in [7, 11) is 0. The number of amides is 1. The number of nitrogens with two attached hydrogens (primary N) is 1. The molecule has 14 heavy (non-hydrogen) atoms. The molecule has 0 atom stereocenters. The number of carbonyl (C=O) groups excluding carboxylic acids is 1. The van der Waals surface area contributed by atoms with Gasteiger partial charge in [-0.1, -0.05) is 18.3 Å². The van der Waals surface area contributed by atoms with Gasteiger partial charge in [-0.05, 0) is 12.1 Å². The monoisotopic (exact) mass is 209 g/mol. The fraction of sp³-hybridized carbons (Fsp3) is 0.222. The lowest BCUT2D eigenvalue weighted by Gasteiger charge is -2.02. The van der Waals surface area contributed by atoms with Crippen molar-refractivity contribution in [2.45, 2.75) is 6.42 Å². The quantitative estimate of drug-likeness (QED) is 0.708. The van der Waals surface area contributed by atoms with Gasteiger partial charge in [0.15, 0.2) is 0 Å². The molecule has 0 saturated heterocycles. The largest absolute Gasteiger partial charge is 0.393 e. The number of aromatic nitrogens is 1. The molecule has 0 bridgehead atoms. The Morgan fingerprint density at radius 3 is 2.93 bits per heavy atom. The summed E-state index contributed by atoms with van der Waals surface area (Å²) in [6, 6.07) is 5.16. The van der Waals surface area contributed by atoms with Gasteiger partial charge in [-0.2, -0.15) is 0 Å². The van der Waals surface area contributed by atoms with Crippen LogP contribution in [0.5, 0.6) is 0 Å². The molecule has 0 spiro atoms. The number of rotatable bonds is 4. The molecule has 74 valence electrons. The standard InChI is InChI=1S/C9H11N3OS/c10-8(14)4-6-12-9(13)7-3-1-2-5-11-7/h1-3,5H,4,6H2,(H2,10,14)(H,12,13). The van der Waals surface area contributed by atoms with Gasteiger partial charge in [0.25, 0.3) is 5.91 Å². The molecule has 1 aromatic heterocycles. The molecular formula is C9H11N3OS. The minimum atomic E-state index is -0.207. The smallest absolute Gasteiger partial charge is 0.269 e. The molecular weight excluding hydrogens is 198 g/mol. The maximum atomic E-state index is 11.4. The Hall–Kier alpha value is -1.49. The number of nitrogens with zero attached hydrogens (tertiary/aromatic N) is 1. The number of carbonyl (C=O) groups is 1. The normalized spacial score (nSPS) is 9.43. The molecule has 5 heteroatoms. The molecule has 3 N–H and O–H groups in total. The molecule has 0 aliphatic carbocycles. The molecule has 1 amide bonds. The Morgan fingerprint density at radius 2 is 2.36 bits per heavy atom. The summed E-state index contributed by atoms with van der Waals surface area (Å²) in [4.78, 5) is 15.7. The third-order valence-corrected chi connectivity index (χ3v) is 1.76. The van der Waals surface area contributed by atoms with Gasteiger partial charge in [-0.25, -0.2) is 0 Å². The highest BCUT2D eigenvalue weighted by molar-refractivity contribution is 7.80. The van der Waals surface area contributed by atoms with Crippen LogP contribution < -0.4 is 11.1 Å². The van der Waals surface area contributed by atoms with Gasteiger partial charge in [0.05, 0.1) is 4.99 Å². The summed E-state index contributed by atoms with van der Waals surface area (Å²) in [5, 5.41) is 2.66. The van der Waals surface area contributed by atoms with Crippen LogP contribution in [0.1, 0.15) is 16.9 Å². The van der Waals surface area contributed by atoms with Crippen LogP contribution in [0.15, 0.2) is 24.4 Å². The minimum Gasteiger partial charge on any atom is -0.393 e. The van der Waals surface area contributed by atoms with Crippen molar-refractivity contribution in [3.8, 4) is 0 Å². The van der Waals surface area contributed by atoms with Gasteiger partial charge in [0.1, 0.15) is 5.69 Å². The van der Waals surface area contributed by atoms with Crippen molar-refractivity contribution in [3.05, 3.63) is 30.1 Å². The molecule has 1 aromatic rings. The summed E-state index contributed by atoms with van der Waals surface area (Å²) in [6.45, 7) is 0.449. The van der Waals surface area contributed by atoms with E-state index in [2.05, 4.69) is 22.5 Å². The Bertz CT molecular complexity index is 326. The van der Waals surface area contributed by atoms with Crippen LogP contribution >= 0.6 is 12.2 Å². The van der Waals surface area contributed by atoms with Crippen LogP contribution in [0, 0.1) is 0 Å². The first-order chi connectivity index (χ1) is 6.70. The van der Waals surface area contributed by atoms with Crippen molar-refractivity contribution >= 4 is 23.1 Å². The SMILES string of the molecule is NC(=S)CCNC(=O)c1ccccn1. The topological polar surface area (TPSA) is 68.0 Å². The molecule has 0 saturated carbocycles. The first kappa shape index (κ1) is 10.6. The number of hydrogen-bond donors (Lipinski definition) is 2. The second kappa shape index (κ2) is 5.29. The fourth-order valence-electron chi connectivity index (χ4n) is 0.887. The first-order valence-corrected chi connectivity index (χ1v) is 4.58. The lowest BCUT2D eigenvalue weighted by atomic mass is 10.3. The van der Waals surface area contributed by atoms with Gasteiger partial charge in [-0.3, -0.25) is 9.78 Å². The van der Waals surface area contributed by atoms with E-state index in [-0.39, 0.29) is 5.91 Å². The van der Waals surface area contributed by atoms with Crippen molar-refractivity contribution in [3.63, 3.8) is 0 Å². The van der Waals surface area contributed by atoms with E-state index in [0.717, 1.165) is 0 Å². The van der Waals surface area contributed by atoms with E-state index in [1.807, 2.05) is 0 Å². The molecule has 4 nitrogen and oxygen atoms in total. The molecule has 0 fully saturated rings. The summed E-state index contributed by atoms with van der Waals surface area (Å²) < 4.78 is 0. The van der Waals surface area contributed by atoms with Crippen LogP contribution in [0.25, 0.3) is 0 Å². The third-order valence-electron chi connectivity index (χ3n) is 1.55. The van der Waals surface area contributed by atoms with Gasteiger partial charge in [0, 0.05) is 19.2 Å². The van der Waals surface area contributed by atoms with Crippen molar-refractivity contribution in [2.24, 2.45) is 5.73 Å². The molecule has 0 aliphatic rings. The average molecular weight is 209 g/mol. The van der Waals surface area contributed by atoms with Crippen molar-refractivity contribution in [2.75, 3.05) is 6.54 Å². The van der Waals surface area contributed by atoms with Crippen LogP contribution in [0.3, 0.4) is 0 Å². The lowest BCUT2D eigenvalue weighted by molar-refractivity contribution is 0.0950. The van der Waals surface area contributed by atoms with Crippen LogP contribution in [-0.4, -0.2) is 22.4 Å². The molecule has 0 unspecified atom stereocenters. The third kappa shape index (κ3) is 3.49. The molecule has 1 heterocycles. The molecule has 0 radical (unpaired) electrons. The second-order valence-electron chi connectivity index (χ2n) is 2.69. The van der Waals surface area contributed by atoms with E-state index in [4.69, 9.17) is 5.73 Å². The zero-order chi connectivity index (χ0) is 10.4. The second-order valence-corrected chi connectivity index (χ2v) is 3.21. The highest BCUT2D eigenvalue weighted by Crippen LogP contribution is 1.92. The summed E-state index contributed by atoms with van der Waals surface area (Å²) in [6.07, 6.45) is 2.08.